The van der Waals surface area contributed by atoms with Crippen LogP contribution in [-0.4, -0.2) is 15.7 Å². The molecule has 0 bridgehead atoms. The Kier molecular flexibility index (Phi) is 3.79. The number of pyridine rings is 1. The van der Waals surface area contributed by atoms with E-state index in [0.717, 1.165) is 37.0 Å². The van der Waals surface area contributed by atoms with E-state index in [1.54, 1.807) is 11.1 Å². The van der Waals surface area contributed by atoms with E-state index in [4.69, 9.17) is 0 Å². The minimum Gasteiger partial charge on any atom is -0.390 e. The lowest BCUT2D eigenvalue weighted by Crippen LogP contribution is -2.51. The zero-order chi connectivity index (χ0) is 18.9. The normalized spacial score (nSPS) is 46.0. The number of aromatic nitrogens is 1. The van der Waals surface area contributed by atoms with E-state index in [0.29, 0.717) is 10.8 Å². The van der Waals surface area contributed by atoms with Crippen molar-refractivity contribution in [2.24, 2.45) is 28.6 Å². The molecule has 144 valence electrons. The number of rotatable bonds is 1. The average molecular weight is 364 g/mol. The van der Waals surface area contributed by atoms with Crippen LogP contribution in [0.5, 0.6) is 0 Å². The second-order valence-electron chi connectivity index (χ2n) is 10.5. The second-order valence-corrected chi connectivity index (χ2v) is 10.5. The van der Waals surface area contributed by atoms with Crippen molar-refractivity contribution in [2.45, 2.75) is 71.3 Å². The quantitative estimate of drug-likeness (QED) is 0.641. The summed E-state index contributed by atoms with van der Waals surface area (Å²) in [7, 11) is 0. The van der Waals surface area contributed by atoms with Crippen LogP contribution in [0.2, 0.25) is 0 Å². The molecule has 1 aromatic rings. The molecule has 2 fully saturated rings. The Balaban J connectivity index is 1.47. The van der Waals surface area contributed by atoms with Gasteiger partial charge in [0.2, 0.25) is 0 Å². The third kappa shape index (κ3) is 2.52. The first kappa shape index (κ1) is 17.7. The summed E-state index contributed by atoms with van der Waals surface area (Å²) >= 11 is 0. The van der Waals surface area contributed by atoms with Crippen molar-refractivity contribution >= 4 is 5.57 Å². The third-order valence-electron chi connectivity index (χ3n) is 8.93. The van der Waals surface area contributed by atoms with Crippen LogP contribution in [0, 0.1) is 28.6 Å². The van der Waals surface area contributed by atoms with Crippen LogP contribution in [0.4, 0.5) is 0 Å². The molecule has 6 atom stereocenters. The molecule has 2 nitrogen and oxygen atoms in total. The van der Waals surface area contributed by atoms with Crippen LogP contribution >= 0.6 is 0 Å². The molecular weight excluding hydrogens is 330 g/mol. The molecule has 0 spiro atoms. The number of fused-ring (bicyclic) bond motifs is 5. The van der Waals surface area contributed by atoms with Gasteiger partial charge in [0.15, 0.2) is 0 Å². The highest BCUT2D eigenvalue weighted by Gasteiger charge is 2.57. The van der Waals surface area contributed by atoms with Crippen molar-refractivity contribution < 1.29 is 5.11 Å². The van der Waals surface area contributed by atoms with E-state index in [1.165, 1.54) is 31.2 Å². The lowest BCUT2D eigenvalue weighted by molar-refractivity contribution is -0.0486. The van der Waals surface area contributed by atoms with Gasteiger partial charge in [0.05, 0.1) is 5.60 Å². The van der Waals surface area contributed by atoms with Gasteiger partial charge in [-0.25, -0.2) is 0 Å². The Morgan fingerprint density at radius 2 is 1.85 bits per heavy atom. The smallest absolute Gasteiger partial charge is 0.0657 e. The first-order valence-electron chi connectivity index (χ1n) is 10.9. The summed E-state index contributed by atoms with van der Waals surface area (Å²) in [5.74, 6) is 2.32. The zero-order valence-electron chi connectivity index (χ0n) is 17.0. The maximum Gasteiger partial charge on any atom is 0.0657 e. The summed E-state index contributed by atoms with van der Waals surface area (Å²) in [6.45, 7) is 7.06. The molecule has 0 aromatic carbocycles. The molecule has 1 aromatic heterocycles. The van der Waals surface area contributed by atoms with E-state index in [-0.39, 0.29) is 0 Å². The van der Waals surface area contributed by atoms with Crippen LogP contribution in [0.15, 0.2) is 42.3 Å². The monoisotopic (exact) mass is 363 g/mol. The van der Waals surface area contributed by atoms with Crippen molar-refractivity contribution in [3.05, 3.63) is 47.8 Å². The fourth-order valence-corrected chi connectivity index (χ4v) is 7.34. The Hall–Kier alpha value is -1.41. The van der Waals surface area contributed by atoms with Crippen LogP contribution < -0.4 is 0 Å². The standard InChI is InChI=1S/C25H33NO/c1-23(27)12-13-24(2)18(15-23)6-7-19-21-9-8-20(17-5-4-14-26-16-17)25(21,3)11-10-22(19)24/h4-6,8,14,16,19,21-22,27H,7,9-13,15H2,1-3H3/t19-,21-,22-,23-,24-,25+/m0/s1. The average Bonchev–Trinajstić information content (AvgIpc) is 3.00. The molecule has 0 amide bonds. The number of hydrogen-bond donors (Lipinski definition) is 1. The maximum atomic E-state index is 10.6. The molecule has 0 aliphatic heterocycles. The number of nitrogens with zero attached hydrogens (tertiary/aromatic N) is 1. The zero-order valence-corrected chi connectivity index (χ0v) is 17.0. The summed E-state index contributed by atoms with van der Waals surface area (Å²) in [6.07, 6.45) is 17.0. The Morgan fingerprint density at radius 3 is 2.63 bits per heavy atom. The van der Waals surface area contributed by atoms with Gasteiger partial charge in [0, 0.05) is 12.4 Å². The lowest BCUT2D eigenvalue weighted by Gasteiger charge is -2.58. The summed E-state index contributed by atoms with van der Waals surface area (Å²) in [6, 6.07) is 4.31. The molecule has 0 saturated heterocycles. The van der Waals surface area contributed by atoms with Gasteiger partial charge in [-0.05, 0) is 97.7 Å². The van der Waals surface area contributed by atoms with E-state index >= 15 is 0 Å². The van der Waals surface area contributed by atoms with Crippen molar-refractivity contribution in [2.75, 3.05) is 0 Å². The summed E-state index contributed by atoms with van der Waals surface area (Å²) < 4.78 is 0. The van der Waals surface area contributed by atoms with Gasteiger partial charge in [-0.15, -0.1) is 0 Å². The van der Waals surface area contributed by atoms with E-state index in [1.807, 2.05) is 13.1 Å². The molecule has 1 N–H and O–H groups in total. The van der Waals surface area contributed by atoms with Gasteiger partial charge in [-0.2, -0.15) is 0 Å². The highest BCUT2D eigenvalue weighted by Crippen LogP contribution is 2.66. The highest BCUT2D eigenvalue weighted by molar-refractivity contribution is 5.72. The first-order chi connectivity index (χ1) is 12.8. The largest absolute Gasteiger partial charge is 0.390 e. The summed E-state index contributed by atoms with van der Waals surface area (Å²) in [4.78, 5) is 4.38. The molecule has 5 rings (SSSR count). The van der Waals surface area contributed by atoms with Crippen molar-refractivity contribution in [1.82, 2.24) is 4.98 Å². The molecule has 4 aliphatic rings. The second kappa shape index (κ2) is 5.80. The van der Waals surface area contributed by atoms with Crippen LogP contribution in [-0.2, 0) is 0 Å². The molecular formula is C25H33NO. The lowest BCUT2D eigenvalue weighted by atomic mass is 9.46. The molecule has 2 saturated carbocycles. The topological polar surface area (TPSA) is 33.1 Å². The molecule has 27 heavy (non-hydrogen) atoms. The van der Waals surface area contributed by atoms with Crippen molar-refractivity contribution in [3.8, 4) is 0 Å². The van der Waals surface area contributed by atoms with Crippen LogP contribution in [0.3, 0.4) is 0 Å². The Morgan fingerprint density at radius 1 is 1.00 bits per heavy atom. The predicted octanol–water partition coefficient (Wildman–Crippen LogP) is 5.79. The van der Waals surface area contributed by atoms with Crippen molar-refractivity contribution in [1.29, 1.82) is 0 Å². The van der Waals surface area contributed by atoms with Gasteiger partial charge in [-0.3, -0.25) is 4.98 Å². The van der Waals surface area contributed by atoms with Gasteiger partial charge in [0.1, 0.15) is 0 Å². The Bertz CT molecular complexity index is 807. The van der Waals surface area contributed by atoms with Gasteiger partial charge in [0.25, 0.3) is 0 Å². The summed E-state index contributed by atoms with van der Waals surface area (Å²) in [5.41, 5.74) is 4.54. The molecule has 4 aliphatic carbocycles. The van der Waals surface area contributed by atoms with Gasteiger partial charge >= 0.3 is 0 Å². The number of aliphatic hydroxyl groups is 1. The van der Waals surface area contributed by atoms with Gasteiger partial charge in [-0.1, -0.05) is 37.6 Å². The van der Waals surface area contributed by atoms with Crippen LogP contribution in [0.1, 0.15) is 71.3 Å². The SMILES string of the molecule is C[C@]1(O)CC[C@@]2(C)C(=CC[C@@H]3[C@@H]2CC[C@]2(C)C(c4cccnc4)=CC[C@@H]32)C1. The number of hydrogen-bond acceptors (Lipinski definition) is 2. The molecule has 0 radical (unpaired) electrons. The van der Waals surface area contributed by atoms with Crippen LogP contribution in [0.25, 0.3) is 5.57 Å². The maximum absolute atomic E-state index is 10.6. The van der Waals surface area contributed by atoms with E-state index < -0.39 is 5.60 Å². The minimum absolute atomic E-state index is 0.298. The fraction of sp³-hybridized carbons (Fsp3) is 0.640. The Labute approximate surface area is 163 Å². The van der Waals surface area contributed by atoms with Crippen molar-refractivity contribution in [3.63, 3.8) is 0 Å². The molecule has 0 unspecified atom stereocenters. The predicted molar refractivity (Wildman–Crippen MR) is 110 cm³/mol. The number of allylic oxidation sites excluding steroid dienone is 3. The highest BCUT2D eigenvalue weighted by atomic mass is 16.3. The fourth-order valence-electron chi connectivity index (χ4n) is 7.34. The van der Waals surface area contributed by atoms with E-state index in [9.17, 15) is 5.11 Å². The van der Waals surface area contributed by atoms with E-state index in [2.05, 4.69) is 49.3 Å². The first-order valence-corrected chi connectivity index (χ1v) is 10.9. The molecule has 1 heterocycles. The minimum atomic E-state index is -0.496. The summed E-state index contributed by atoms with van der Waals surface area (Å²) in [5, 5.41) is 10.6. The third-order valence-corrected chi connectivity index (χ3v) is 8.93. The van der Waals surface area contributed by atoms with Gasteiger partial charge < -0.3 is 5.11 Å². The molecule has 2 heteroatoms.